The maximum Gasteiger partial charge on any atom is 0.417 e. The number of carbonyl (C=O) groups is 2. The maximum atomic E-state index is 15.8. The number of pyridine rings is 1. The molecule has 3 aliphatic heterocycles. The van der Waals surface area contributed by atoms with Crippen LogP contribution in [0.3, 0.4) is 0 Å². The predicted molar refractivity (Wildman–Crippen MR) is 160 cm³/mol. The van der Waals surface area contributed by atoms with Crippen LogP contribution < -0.4 is 15.8 Å². The Hall–Kier alpha value is -3.87. The molecule has 2 N–H and O–H groups in total. The number of carbonyl (C=O) groups excluding carboxylic acids is 2. The van der Waals surface area contributed by atoms with Gasteiger partial charge in [0.2, 0.25) is 5.56 Å². The zero-order valence-electron chi connectivity index (χ0n) is 24.4. The van der Waals surface area contributed by atoms with Gasteiger partial charge in [-0.1, -0.05) is 6.08 Å². The molecule has 0 unspecified atom stereocenters. The van der Waals surface area contributed by atoms with Crippen LogP contribution in [0.25, 0.3) is 5.57 Å². The van der Waals surface area contributed by atoms with Gasteiger partial charge in [0.1, 0.15) is 5.82 Å². The molecule has 0 radical (unpaired) electrons. The van der Waals surface area contributed by atoms with Crippen molar-refractivity contribution in [3.05, 3.63) is 63.3 Å². The fourth-order valence-corrected chi connectivity index (χ4v) is 6.05. The van der Waals surface area contributed by atoms with Crippen LogP contribution >= 0.6 is 0 Å². The first-order chi connectivity index (χ1) is 20.3. The highest BCUT2D eigenvalue weighted by atomic mass is 19.4. The highest BCUT2D eigenvalue weighted by Gasteiger charge is 2.36. The Bertz CT molecular complexity index is 1480. The molecule has 1 aromatic carbocycles. The standard InChI is InChI=1S/C30H36F4N6O3.2H2/c1-18-16-40(17-19(2)37(18)3)26-14-24(31)21(20-6-10-39(11-7-20)29(43)38-8-4-5-9-38)12-25(26)36-28(42)22-15-35-27(41)13-23(22)30(32,33)34;;/h6,12-15,18-19H,4-5,7-11,16-17H2,1-3H3,(H,35,41)(H,36,42);2*1H/t18-,19+;;. The van der Waals surface area contributed by atoms with E-state index in [1.54, 1.807) is 11.0 Å². The lowest BCUT2D eigenvalue weighted by molar-refractivity contribution is -0.138. The van der Waals surface area contributed by atoms with E-state index in [-0.39, 0.29) is 32.2 Å². The van der Waals surface area contributed by atoms with Gasteiger partial charge in [-0.05, 0) is 57.9 Å². The first kappa shape index (κ1) is 30.6. The van der Waals surface area contributed by atoms with Gasteiger partial charge in [0.15, 0.2) is 0 Å². The van der Waals surface area contributed by atoms with E-state index in [1.165, 1.54) is 12.1 Å². The molecule has 3 aliphatic rings. The monoisotopic (exact) mass is 608 g/mol. The van der Waals surface area contributed by atoms with Crippen LogP contribution in [0, 0.1) is 5.82 Å². The van der Waals surface area contributed by atoms with Gasteiger partial charge in [-0.2, -0.15) is 13.2 Å². The molecule has 2 aromatic rings. The largest absolute Gasteiger partial charge is 0.417 e. The highest BCUT2D eigenvalue weighted by molar-refractivity contribution is 6.07. The van der Waals surface area contributed by atoms with Crippen molar-refractivity contribution < 1.29 is 30.0 Å². The SMILES string of the molecule is C[C@@H]1CN(c2cc(F)c(C3=CCN(C(=O)N4CCCC4)CC3)cc2NC(=O)c2c[nH]c(=O)cc2C(F)(F)F)C[C@H](C)N1C.[HH].[HH]. The second kappa shape index (κ2) is 12.0. The van der Waals surface area contributed by atoms with Crippen molar-refractivity contribution in [2.75, 3.05) is 56.5 Å². The summed E-state index contributed by atoms with van der Waals surface area (Å²) in [4.78, 5) is 47.5. The number of alkyl halides is 3. The molecule has 9 nitrogen and oxygen atoms in total. The van der Waals surface area contributed by atoms with E-state index in [0.717, 1.165) is 32.1 Å². The Kier molecular flexibility index (Phi) is 8.55. The summed E-state index contributed by atoms with van der Waals surface area (Å²) < 4.78 is 57.0. The number of nitrogens with zero attached hydrogens (tertiary/aromatic N) is 4. The lowest BCUT2D eigenvalue weighted by atomic mass is 9.97. The molecule has 2 saturated heterocycles. The van der Waals surface area contributed by atoms with Gasteiger partial charge in [-0.25, -0.2) is 9.18 Å². The Morgan fingerprint density at radius 3 is 2.30 bits per heavy atom. The number of anilines is 2. The summed E-state index contributed by atoms with van der Waals surface area (Å²) in [6, 6.07) is 3.25. The molecule has 0 saturated carbocycles. The second-order valence-electron chi connectivity index (χ2n) is 11.6. The van der Waals surface area contributed by atoms with E-state index in [0.29, 0.717) is 49.9 Å². The summed E-state index contributed by atoms with van der Waals surface area (Å²) in [6.45, 7) is 7.18. The Balaban J connectivity index is 0.00000276. The van der Waals surface area contributed by atoms with Gasteiger partial charge >= 0.3 is 12.2 Å². The van der Waals surface area contributed by atoms with E-state index in [1.807, 2.05) is 30.7 Å². The van der Waals surface area contributed by atoms with Gasteiger partial charge in [0.05, 0.1) is 22.5 Å². The number of nitrogens with one attached hydrogen (secondary N) is 2. The van der Waals surface area contributed by atoms with E-state index >= 15 is 4.39 Å². The Morgan fingerprint density at radius 1 is 1.02 bits per heavy atom. The molecular formula is C30H40F4N6O3. The maximum absolute atomic E-state index is 15.8. The third-order valence-corrected chi connectivity index (χ3v) is 8.71. The number of rotatable bonds is 4. The minimum atomic E-state index is -4.94. The van der Waals surface area contributed by atoms with Crippen molar-refractivity contribution in [1.82, 2.24) is 19.7 Å². The number of halogens is 4. The number of hydrogen-bond acceptors (Lipinski definition) is 5. The molecule has 13 heteroatoms. The van der Waals surface area contributed by atoms with E-state index in [2.05, 4.69) is 15.2 Å². The molecule has 3 amide bonds. The van der Waals surface area contributed by atoms with Crippen molar-refractivity contribution in [3.8, 4) is 0 Å². The molecule has 236 valence electrons. The minimum absolute atomic E-state index is 0. The van der Waals surface area contributed by atoms with Gasteiger partial charge in [-0.3, -0.25) is 14.5 Å². The van der Waals surface area contributed by atoms with Crippen molar-refractivity contribution in [3.63, 3.8) is 0 Å². The molecule has 2 fully saturated rings. The fraction of sp³-hybridized carbons (Fsp3) is 0.500. The summed E-state index contributed by atoms with van der Waals surface area (Å²) in [7, 11) is 1.99. The summed E-state index contributed by atoms with van der Waals surface area (Å²) in [5, 5.41) is 2.59. The first-order valence-electron chi connectivity index (χ1n) is 14.5. The van der Waals surface area contributed by atoms with Crippen molar-refractivity contribution in [2.45, 2.75) is 51.4 Å². The van der Waals surface area contributed by atoms with Gasteiger partial charge in [0, 0.05) is 72.0 Å². The number of H-pyrrole nitrogens is 1. The highest BCUT2D eigenvalue weighted by Crippen LogP contribution is 2.37. The Morgan fingerprint density at radius 2 is 1.70 bits per heavy atom. The molecular weight excluding hydrogens is 568 g/mol. The number of benzene rings is 1. The number of urea groups is 1. The summed E-state index contributed by atoms with van der Waals surface area (Å²) in [5.74, 6) is -1.62. The van der Waals surface area contributed by atoms with Crippen molar-refractivity contribution in [1.29, 1.82) is 0 Å². The molecule has 0 aliphatic carbocycles. The average molecular weight is 609 g/mol. The second-order valence-corrected chi connectivity index (χ2v) is 11.6. The van der Waals surface area contributed by atoms with E-state index < -0.39 is 34.6 Å². The van der Waals surface area contributed by atoms with Crippen LogP contribution in [0.5, 0.6) is 0 Å². The molecule has 43 heavy (non-hydrogen) atoms. The first-order valence-corrected chi connectivity index (χ1v) is 14.5. The van der Waals surface area contributed by atoms with Gasteiger partial charge in [0.25, 0.3) is 5.91 Å². The molecule has 0 bridgehead atoms. The number of piperazine rings is 1. The lowest BCUT2D eigenvalue weighted by Crippen LogP contribution is -2.55. The summed E-state index contributed by atoms with van der Waals surface area (Å²) in [5.41, 5.74) is -1.75. The lowest BCUT2D eigenvalue weighted by Gasteiger charge is -2.44. The molecule has 0 spiro atoms. The fourth-order valence-electron chi connectivity index (χ4n) is 6.05. The topological polar surface area (TPSA) is 92.0 Å². The summed E-state index contributed by atoms with van der Waals surface area (Å²) in [6.07, 6.45) is -0.0946. The third-order valence-electron chi connectivity index (χ3n) is 8.71. The number of aromatic nitrogens is 1. The van der Waals surface area contributed by atoms with Gasteiger partial charge in [-0.15, -0.1) is 0 Å². The molecule has 5 rings (SSSR count). The number of likely N-dealkylation sites (N-methyl/N-ethyl adjacent to an activating group) is 1. The van der Waals surface area contributed by atoms with E-state index in [9.17, 15) is 27.6 Å². The average Bonchev–Trinajstić information content (AvgIpc) is 3.51. The van der Waals surface area contributed by atoms with Gasteiger partial charge < -0.3 is 25.0 Å². The normalized spacial score (nSPS) is 21.7. The smallest absolute Gasteiger partial charge is 0.367 e. The van der Waals surface area contributed by atoms with Crippen LogP contribution in [-0.4, -0.2) is 90.0 Å². The van der Waals surface area contributed by atoms with Crippen molar-refractivity contribution in [2.24, 2.45) is 0 Å². The zero-order chi connectivity index (χ0) is 31.1. The zero-order valence-corrected chi connectivity index (χ0v) is 24.4. The molecule has 4 heterocycles. The summed E-state index contributed by atoms with van der Waals surface area (Å²) >= 11 is 0. The number of hydrogen-bond donors (Lipinski definition) is 2. The van der Waals surface area contributed by atoms with E-state index in [4.69, 9.17) is 0 Å². The predicted octanol–water partition coefficient (Wildman–Crippen LogP) is 5.11. The third kappa shape index (κ3) is 6.41. The minimum Gasteiger partial charge on any atom is -0.367 e. The van der Waals surface area contributed by atoms with Crippen LogP contribution in [0.2, 0.25) is 0 Å². The van der Waals surface area contributed by atoms with Crippen LogP contribution in [0.4, 0.5) is 33.7 Å². The molecule has 1 aromatic heterocycles. The Labute approximate surface area is 250 Å². The quantitative estimate of drug-likeness (QED) is 0.471. The number of likely N-dealkylation sites (tertiary alicyclic amines) is 1. The number of aromatic amines is 1. The van der Waals surface area contributed by atoms with Crippen molar-refractivity contribution >= 4 is 28.9 Å². The van der Waals surface area contributed by atoms with Crippen LogP contribution in [0.1, 0.15) is 57.4 Å². The molecule has 2 atom stereocenters. The number of amides is 3. The van der Waals surface area contributed by atoms with Crippen LogP contribution in [-0.2, 0) is 6.18 Å². The van der Waals surface area contributed by atoms with Crippen LogP contribution in [0.15, 0.2) is 35.3 Å².